The van der Waals surface area contributed by atoms with Gasteiger partial charge >= 0.3 is 0 Å². The highest BCUT2D eigenvalue weighted by atomic mass is 32.1. The second-order valence-electron chi connectivity index (χ2n) is 3.20. The molecule has 0 amide bonds. The third kappa shape index (κ3) is 2.53. The molecule has 0 aromatic carbocycles. The van der Waals surface area contributed by atoms with Gasteiger partial charge in [-0.25, -0.2) is 9.97 Å². The Labute approximate surface area is 93.2 Å². The fourth-order valence-electron chi connectivity index (χ4n) is 1.38. The number of rotatable bonds is 4. The van der Waals surface area contributed by atoms with Crippen LogP contribution in [-0.2, 0) is 13.0 Å². The summed E-state index contributed by atoms with van der Waals surface area (Å²) in [6.07, 6.45) is 2.80. The molecule has 0 aliphatic heterocycles. The number of thiazole rings is 1. The molecule has 78 valence electrons. The maximum Gasteiger partial charge on any atom is 0.129 e. The van der Waals surface area contributed by atoms with Crippen LogP contribution in [0.3, 0.4) is 0 Å². The minimum absolute atomic E-state index is 0.744. The number of anilines is 1. The molecule has 0 atom stereocenters. The van der Waals surface area contributed by atoms with Gasteiger partial charge in [-0.15, -0.1) is 11.3 Å². The first-order chi connectivity index (χ1) is 7.40. The van der Waals surface area contributed by atoms with E-state index in [4.69, 9.17) is 0 Å². The van der Waals surface area contributed by atoms with Gasteiger partial charge in [0, 0.05) is 11.6 Å². The van der Waals surface area contributed by atoms with Crippen molar-refractivity contribution >= 4 is 17.2 Å². The molecule has 0 unspecified atom stereocenters. The third-order valence-corrected chi connectivity index (χ3v) is 2.83. The zero-order chi connectivity index (χ0) is 10.5. The summed E-state index contributed by atoms with van der Waals surface area (Å²) in [5.74, 6) is 0.966. The van der Waals surface area contributed by atoms with E-state index in [-0.39, 0.29) is 0 Å². The molecule has 4 heteroatoms. The monoisotopic (exact) mass is 219 g/mol. The van der Waals surface area contributed by atoms with Crippen LogP contribution in [0.4, 0.5) is 5.82 Å². The Bertz CT molecular complexity index is 412. The molecule has 1 N–H and O–H groups in total. The highest BCUT2D eigenvalue weighted by molar-refractivity contribution is 7.07. The van der Waals surface area contributed by atoms with E-state index in [0.29, 0.717) is 0 Å². The van der Waals surface area contributed by atoms with Crippen molar-refractivity contribution in [2.75, 3.05) is 5.32 Å². The molecule has 0 spiro atoms. The fourth-order valence-corrected chi connectivity index (χ4v) is 1.94. The summed E-state index contributed by atoms with van der Waals surface area (Å²) < 4.78 is 0. The number of aryl methyl sites for hydroxylation is 1. The lowest BCUT2D eigenvalue weighted by atomic mass is 10.2. The Morgan fingerprint density at radius 2 is 2.33 bits per heavy atom. The van der Waals surface area contributed by atoms with E-state index in [9.17, 15) is 0 Å². The first-order valence-electron chi connectivity index (χ1n) is 4.95. The molecular weight excluding hydrogens is 206 g/mol. The highest BCUT2D eigenvalue weighted by Crippen LogP contribution is 2.13. The largest absolute Gasteiger partial charge is 0.364 e. The minimum Gasteiger partial charge on any atom is -0.364 e. The van der Waals surface area contributed by atoms with Gasteiger partial charge in [-0.05, 0) is 18.1 Å². The van der Waals surface area contributed by atoms with E-state index in [2.05, 4.69) is 28.3 Å². The van der Waals surface area contributed by atoms with Gasteiger partial charge in [-0.3, -0.25) is 0 Å². The van der Waals surface area contributed by atoms with Crippen molar-refractivity contribution in [1.82, 2.24) is 9.97 Å². The molecular formula is C11H13N3S. The topological polar surface area (TPSA) is 37.8 Å². The summed E-state index contributed by atoms with van der Waals surface area (Å²) in [6.45, 7) is 2.87. The number of pyridine rings is 1. The first kappa shape index (κ1) is 10.1. The summed E-state index contributed by atoms with van der Waals surface area (Å²) in [6, 6.07) is 4.06. The summed E-state index contributed by atoms with van der Waals surface area (Å²) in [5, 5.41) is 5.34. The van der Waals surface area contributed by atoms with Crippen molar-refractivity contribution in [2.45, 2.75) is 19.9 Å². The molecule has 0 saturated carbocycles. The maximum atomic E-state index is 4.31. The zero-order valence-electron chi connectivity index (χ0n) is 8.60. The van der Waals surface area contributed by atoms with E-state index in [1.54, 1.807) is 11.3 Å². The molecule has 0 radical (unpaired) electrons. The number of nitrogens with one attached hydrogen (secondary N) is 1. The van der Waals surface area contributed by atoms with Crippen LogP contribution >= 0.6 is 11.3 Å². The van der Waals surface area contributed by atoms with Crippen LogP contribution in [0.5, 0.6) is 0 Å². The van der Waals surface area contributed by atoms with Gasteiger partial charge in [-0.2, -0.15) is 0 Å². The molecule has 0 fully saturated rings. The Morgan fingerprint density at radius 3 is 3.07 bits per heavy atom. The first-order valence-corrected chi connectivity index (χ1v) is 5.89. The molecule has 0 saturated heterocycles. The number of hydrogen-bond acceptors (Lipinski definition) is 4. The normalized spacial score (nSPS) is 10.2. The average molecular weight is 219 g/mol. The van der Waals surface area contributed by atoms with Gasteiger partial charge < -0.3 is 5.32 Å². The predicted molar refractivity (Wildman–Crippen MR) is 63.1 cm³/mol. The molecule has 0 aliphatic rings. The van der Waals surface area contributed by atoms with Crippen molar-refractivity contribution in [1.29, 1.82) is 0 Å². The molecule has 15 heavy (non-hydrogen) atoms. The quantitative estimate of drug-likeness (QED) is 0.859. The van der Waals surface area contributed by atoms with Gasteiger partial charge in [0.25, 0.3) is 0 Å². The van der Waals surface area contributed by atoms with E-state index >= 15 is 0 Å². The standard InChI is InChI=1S/C11H13N3S/c1-2-9-4-3-5-12-11(9)13-6-10-7-15-8-14-10/h3-5,7-8H,2,6H2,1H3,(H,12,13). The lowest BCUT2D eigenvalue weighted by molar-refractivity contribution is 1.02. The van der Waals surface area contributed by atoms with E-state index in [1.165, 1.54) is 5.56 Å². The smallest absolute Gasteiger partial charge is 0.129 e. The molecule has 0 bridgehead atoms. The van der Waals surface area contributed by atoms with Crippen molar-refractivity contribution in [3.8, 4) is 0 Å². The highest BCUT2D eigenvalue weighted by Gasteiger charge is 2.01. The van der Waals surface area contributed by atoms with Crippen LogP contribution in [0, 0.1) is 0 Å². The van der Waals surface area contributed by atoms with Crippen molar-refractivity contribution < 1.29 is 0 Å². The fraction of sp³-hybridized carbons (Fsp3) is 0.273. The molecule has 2 heterocycles. The van der Waals surface area contributed by atoms with Gasteiger partial charge in [0.1, 0.15) is 5.82 Å². The van der Waals surface area contributed by atoms with Crippen LogP contribution in [0.25, 0.3) is 0 Å². The van der Waals surface area contributed by atoms with Gasteiger partial charge in [0.05, 0.1) is 17.7 Å². The third-order valence-electron chi connectivity index (χ3n) is 2.19. The van der Waals surface area contributed by atoms with Crippen LogP contribution in [-0.4, -0.2) is 9.97 Å². The SMILES string of the molecule is CCc1cccnc1NCc1cscn1. The zero-order valence-corrected chi connectivity index (χ0v) is 9.42. The lowest BCUT2D eigenvalue weighted by Crippen LogP contribution is -2.04. The Morgan fingerprint density at radius 1 is 1.40 bits per heavy atom. The Balaban J connectivity index is 2.04. The number of hydrogen-bond donors (Lipinski definition) is 1. The van der Waals surface area contributed by atoms with Crippen molar-refractivity contribution in [3.63, 3.8) is 0 Å². The molecule has 2 rings (SSSR count). The van der Waals surface area contributed by atoms with Crippen LogP contribution in [0.1, 0.15) is 18.2 Å². The molecule has 2 aromatic heterocycles. The molecule has 3 nitrogen and oxygen atoms in total. The summed E-state index contributed by atoms with van der Waals surface area (Å²) in [4.78, 5) is 8.53. The number of aromatic nitrogens is 2. The van der Waals surface area contributed by atoms with E-state index in [0.717, 1.165) is 24.5 Å². The van der Waals surface area contributed by atoms with Crippen molar-refractivity contribution in [2.24, 2.45) is 0 Å². The molecule has 0 aliphatic carbocycles. The summed E-state index contributed by atoms with van der Waals surface area (Å²) in [5.41, 5.74) is 4.15. The Hall–Kier alpha value is -1.42. The second kappa shape index (κ2) is 4.89. The minimum atomic E-state index is 0.744. The van der Waals surface area contributed by atoms with Crippen LogP contribution in [0.15, 0.2) is 29.2 Å². The van der Waals surface area contributed by atoms with E-state index < -0.39 is 0 Å². The Kier molecular flexibility index (Phi) is 3.29. The van der Waals surface area contributed by atoms with Gasteiger partial charge in [0.2, 0.25) is 0 Å². The van der Waals surface area contributed by atoms with Crippen molar-refractivity contribution in [3.05, 3.63) is 40.5 Å². The van der Waals surface area contributed by atoms with E-state index in [1.807, 2.05) is 23.2 Å². The van der Waals surface area contributed by atoms with Gasteiger partial charge in [-0.1, -0.05) is 13.0 Å². The number of nitrogens with zero attached hydrogens (tertiary/aromatic N) is 2. The molecule has 2 aromatic rings. The second-order valence-corrected chi connectivity index (χ2v) is 3.92. The maximum absolute atomic E-state index is 4.31. The van der Waals surface area contributed by atoms with Gasteiger partial charge in [0.15, 0.2) is 0 Å². The lowest BCUT2D eigenvalue weighted by Gasteiger charge is -2.07. The van der Waals surface area contributed by atoms with Crippen LogP contribution in [0.2, 0.25) is 0 Å². The average Bonchev–Trinajstić information content (AvgIpc) is 2.79. The van der Waals surface area contributed by atoms with Crippen LogP contribution < -0.4 is 5.32 Å². The summed E-state index contributed by atoms with van der Waals surface area (Å²) >= 11 is 1.61. The predicted octanol–water partition coefficient (Wildman–Crippen LogP) is 2.71. The summed E-state index contributed by atoms with van der Waals surface area (Å²) in [7, 11) is 0.